The molecule has 0 amide bonds. The molecular formula is C11H13F4NO2. The van der Waals surface area contributed by atoms with Gasteiger partial charge in [0, 0.05) is 12.6 Å². The highest BCUT2D eigenvalue weighted by atomic mass is 19.4. The SMILES string of the molecule is COc1ccc(F)c(NCCOCC(F)(F)F)c1. The molecule has 102 valence electrons. The third-order valence-corrected chi connectivity index (χ3v) is 2.00. The Kier molecular flexibility index (Phi) is 5.21. The van der Waals surface area contributed by atoms with E-state index in [0.29, 0.717) is 5.75 Å². The predicted octanol–water partition coefficient (Wildman–Crippen LogP) is 2.83. The summed E-state index contributed by atoms with van der Waals surface area (Å²) in [5, 5.41) is 2.63. The first-order valence-electron chi connectivity index (χ1n) is 5.14. The first kappa shape index (κ1) is 14.6. The predicted molar refractivity (Wildman–Crippen MR) is 58.3 cm³/mol. The fourth-order valence-corrected chi connectivity index (χ4v) is 1.21. The molecule has 1 aromatic rings. The topological polar surface area (TPSA) is 30.5 Å². The number of benzene rings is 1. The maximum Gasteiger partial charge on any atom is 0.411 e. The van der Waals surface area contributed by atoms with Crippen LogP contribution in [-0.4, -0.2) is 33.0 Å². The van der Waals surface area contributed by atoms with Crippen molar-refractivity contribution in [3.05, 3.63) is 24.0 Å². The van der Waals surface area contributed by atoms with Crippen LogP contribution in [0.5, 0.6) is 5.75 Å². The van der Waals surface area contributed by atoms with Crippen LogP contribution < -0.4 is 10.1 Å². The van der Waals surface area contributed by atoms with Gasteiger partial charge >= 0.3 is 6.18 Å². The minimum Gasteiger partial charge on any atom is -0.497 e. The number of hydrogen-bond donors (Lipinski definition) is 1. The van der Waals surface area contributed by atoms with E-state index in [9.17, 15) is 17.6 Å². The van der Waals surface area contributed by atoms with Crippen molar-refractivity contribution in [3.8, 4) is 5.75 Å². The van der Waals surface area contributed by atoms with Gasteiger partial charge in [0.1, 0.15) is 18.2 Å². The van der Waals surface area contributed by atoms with Crippen molar-refractivity contribution < 1.29 is 27.0 Å². The summed E-state index contributed by atoms with van der Waals surface area (Å²) in [5.41, 5.74) is 0.157. The van der Waals surface area contributed by atoms with Gasteiger partial charge in [-0.1, -0.05) is 0 Å². The smallest absolute Gasteiger partial charge is 0.411 e. The summed E-state index contributed by atoms with van der Waals surface area (Å²) in [6, 6.07) is 4.07. The van der Waals surface area contributed by atoms with E-state index in [0.717, 1.165) is 0 Å². The number of anilines is 1. The molecule has 0 fully saturated rings. The molecule has 0 unspecified atom stereocenters. The van der Waals surface area contributed by atoms with E-state index in [2.05, 4.69) is 10.1 Å². The van der Waals surface area contributed by atoms with Crippen molar-refractivity contribution in [2.75, 3.05) is 32.2 Å². The fraction of sp³-hybridized carbons (Fsp3) is 0.455. The third kappa shape index (κ3) is 5.22. The Morgan fingerprint density at radius 3 is 2.61 bits per heavy atom. The molecule has 0 atom stereocenters. The van der Waals surface area contributed by atoms with Gasteiger partial charge in [0.2, 0.25) is 0 Å². The summed E-state index contributed by atoms with van der Waals surface area (Å²) in [4.78, 5) is 0. The van der Waals surface area contributed by atoms with Crippen LogP contribution in [0.25, 0.3) is 0 Å². The minimum absolute atomic E-state index is 0.0696. The monoisotopic (exact) mass is 267 g/mol. The van der Waals surface area contributed by atoms with Crippen molar-refractivity contribution in [3.63, 3.8) is 0 Å². The Balaban J connectivity index is 2.35. The molecular weight excluding hydrogens is 254 g/mol. The van der Waals surface area contributed by atoms with Crippen molar-refractivity contribution >= 4 is 5.69 Å². The Bertz CT molecular complexity index is 382. The Morgan fingerprint density at radius 2 is 2.00 bits per heavy atom. The van der Waals surface area contributed by atoms with Gasteiger partial charge < -0.3 is 14.8 Å². The number of alkyl halides is 3. The zero-order valence-electron chi connectivity index (χ0n) is 9.68. The van der Waals surface area contributed by atoms with Crippen LogP contribution in [0, 0.1) is 5.82 Å². The molecule has 1 rings (SSSR count). The molecule has 0 aliphatic rings. The highest BCUT2D eigenvalue weighted by Gasteiger charge is 2.27. The lowest BCUT2D eigenvalue weighted by Gasteiger charge is -2.10. The van der Waals surface area contributed by atoms with Crippen LogP contribution in [0.2, 0.25) is 0 Å². The maximum atomic E-state index is 13.3. The molecule has 0 saturated carbocycles. The number of halogens is 4. The van der Waals surface area contributed by atoms with E-state index in [-0.39, 0.29) is 18.8 Å². The Morgan fingerprint density at radius 1 is 1.28 bits per heavy atom. The summed E-state index contributed by atoms with van der Waals surface area (Å²) in [6.07, 6.45) is -4.35. The van der Waals surface area contributed by atoms with Crippen LogP contribution >= 0.6 is 0 Å². The lowest BCUT2D eigenvalue weighted by Crippen LogP contribution is -2.20. The normalized spacial score (nSPS) is 11.4. The zero-order chi connectivity index (χ0) is 13.6. The molecule has 0 radical (unpaired) electrons. The van der Waals surface area contributed by atoms with E-state index >= 15 is 0 Å². The molecule has 0 aromatic heterocycles. The molecule has 0 aliphatic carbocycles. The van der Waals surface area contributed by atoms with Crippen LogP contribution in [0.4, 0.5) is 23.2 Å². The lowest BCUT2D eigenvalue weighted by molar-refractivity contribution is -0.172. The van der Waals surface area contributed by atoms with E-state index in [4.69, 9.17) is 4.74 Å². The fourth-order valence-electron chi connectivity index (χ4n) is 1.21. The summed E-state index contributed by atoms with van der Waals surface area (Å²) in [5.74, 6) is -0.0540. The van der Waals surface area contributed by atoms with Gasteiger partial charge in [-0.15, -0.1) is 0 Å². The van der Waals surface area contributed by atoms with Crippen LogP contribution in [0.1, 0.15) is 0 Å². The van der Waals surface area contributed by atoms with Gasteiger partial charge in [-0.2, -0.15) is 13.2 Å². The second-order valence-electron chi connectivity index (χ2n) is 3.44. The number of ether oxygens (including phenoxy) is 2. The van der Waals surface area contributed by atoms with Gasteiger partial charge in [-0.3, -0.25) is 0 Å². The summed E-state index contributed by atoms with van der Waals surface area (Å²) < 4.78 is 57.8. The van der Waals surface area contributed by atoms with Crippen molar-refractivity contribution in [2.45, 2.75) is 6.18 Å². The summed E-state index contributed by atoms with van der Waals surface area (Å²) >= 11 is 0. The quantitative estimate of drug-likeness (QED) is 0.635. The van der Waals surface area contributed by atoms with Gasteiger partial charge in [-0.25, -0.2) is 4.39 Å². The first-order chi connectivity index (χ1) is 8.42. The lowest BCUT2D eigenvalue weighted by atomic mass is 10.3. The van der Waals surface area contributed by atoms with Crippen molar-refractivity contribution in [1.29, 1.82) is 0 Å². The number of nitrogens with one attached hydrogen (secondary N) is 1. The van der Waals surface area contributed by atoms with Gasteiger partial charge in [0.15, 0.2) is 0 Å². The average Bonchev–Trinajstić information content (AvgIpc) is 2.29. The average molecular weight is 267 g/mol. The van der Waals surface area contributed by atoms with Crippen LogP contribution in [0.3, 0.4) is 0 Å². The molecule has 0 saturated heterocycles. The molecule has 1 aromatic carbocycles. The molecule has 0 aliphatic heterocycles. The molecule has 3 nitrogen and oxygen atoms in total. The van der Waals surface area contributed by atoms with Crippen molar-refractivity contribution in [1.82, 2.24) is 0 Å². The van der Waals surface area contributed by atoms with E-state index in [1.54, 1.807) is 0 Å². The summed E-state index contributed by atoms with van der Waals surface area (Å²) in [6.45, 7) is -1.41. The highest BCUT2D eigenvalue weighted by Crippen LogP contribution is 2.20. The zero-order valence-corrected chi connectivity index (χ0v) is 9.68. The Hall–Kier alpha value is -1.50. The number of hydrogen-bond acceptors (Lipinski definition) is 3. The largest absolute Gasteiger partial charge is 0.497 e. The minimum atomic E-state index is -4.35. The molecule has 0 heterocycles. The summed E-state index contributed by atoms with van der Waals surface area (Å²) in [7, 11) is 1.43. The Labute approximate surface area is 102 Å². The molecule has 18 heavy (non-hydrogen) atoms. The number of rotatable bonds is 6. The third-order valence-electron chi connectivity index (χ3n) is 2.00. The molecule has 7 heteroatoms. The van der Waals surface area contributed by atoms with Crippen LogP contribution in [-0.2, 0) is 4.74 Å². The van der Waals surface area contributed by atoms with E-state index in [1.807, 2.05) is 0 Å². The van der Waals surface area contributed by atoms with Gasteiger partial charge in [-0.05, 0) is 12.1 Å². The first-order valence-corrected chi connectivity index (χ1v) is 5.14. The van der Waals surface area contributed by atoms with E-state index < -0.39 is 18.6 Å². The molecule has 0 bridgehead atoms. The van der Waals surface area contributed by atoms with Crippen molar-refractivity contribution in [2.24, 2.45) is 0 Å². The standard InChI is InChI=1S/C11H13F4NO2/c1-17-8-2-3-9(12)10(6-8)16-4-5-18-7-11(13,14)15/h2-3,6,16H,4-5,7H2,1H3. The van der Waals surface area contributed by atoms with E-state index in [1.165, 1.54) is 25.3 Å². The van der Waals surface area contributed by atoms with Crippen LogP contribution in [0.15, 0.2) is 18.2 Å². The second-order valence-corrected chi connectivity index (χ2v) is 3.44. The highest BCUT2D eigenvalue weighted by molar-refractivity contribution is 5.49. The number of methoxy groups -OCH3 is 1. The molecule has 1 N–H and O–H groups in total. The second kappa shape index (κ2) is 6.44. The van der Waals surface area contributed by atoms with Gasteiger partial charge in [0.25, 0.3) is 0 Å². The molecule has 0 spiro atoms. The van der Waals surface area contributed by atoms with Gasteiger partial charge in [0.05, 0.1) is 19.4 Å². The maximum absolute atomic E-state index is 13.3.